The second kappa shape index (κ2) is 6.44. The van der Waals surface area contributed by atoms with Crippen LogP contribution in [0.1, 0.15) is 28.0 Å². The van der Waals surface area contributed by atoms with E-state index >= 15 is 0 Å². The normalized spacial score (nSPS) is 13.2. The SMILES string of the molecule is Cc1ccccc1CNC(=O)Cn1cnc2sc3c(c2c1=O)CCC3. The van der Waals surface area contributed by atoms with Crippen LogP contribution in [0.3, 0.4) is 0 Å². The molecule has 0 saturated carbocycles. The lowest BCUT2D eigenvalue weighted by Crippen LogP contribution is -2.32. The summed E-state index contributed by atoms with van der Waals surface area (Å²) in [5.74, 6) is -0.182. The number of carbonyl (C=O) groups is 1. The number of aryl methyl sites for hydroxylation is 3. The third kappa shape index (κ3) is 2.98. The van der Waals surface area contributed by atoms with E-state index in [0.717, 1.165) is 40.8 Å². The zero-order valence-electron chi connectivity index (χ0n) is 14.0. The summed E-state index contributed by atoms with van der Waals surface area (Å²) in [6.45, 7) is 2.48. The van der Waals surface area contributed by atoms with Crippen molar-refractivity contribution >= 4 is 27.5 Å². The van der Waals surface area contributed by atoms with E-state index in [1.54, 1.807) is 11.3 Å². The molecule has 0 radical (unpaired) electrons. The van der Waals surface area contributed by atoms with E-state index in [-0.39, 0.29) is 18.0 Å². The first kappa shape index (κ1) is 16.0. The summed E-state index contributed by atoms with van der Waals surface area (Å²) < 4.78 is 1.42. The van der Waals surface area contributed by atoms with Gasteiger partial charge in [-0.25, -0.2) is 4.98 Å². The molecule has 6 heteroatoms. The molecule has 1 aliphatic rings. The van der Waals surface area contributed by atoms with Crippen molar-refractivity contribution in [2.45, 2.75) is 39.3 Å². The highest BCUT2D eigenvalue weighted by atomic mass is 32.1. The Hall–Kier alpha value is -2.47. The van der Waals surface area contributed by atoms with Gasteiger partial charge in [0.1, 0.15) is 11.4 Å². The van der Waals surface area contributed by atoms with Gasteiger partial charge in [-0.1, -0.05) is 24.3 Å². The number of amides is 1. The largest absolute Gasteiger partial charge is 0.350 e. The fourth-order valence-electron chi connectivity index (χ4n) is 3.35. The summed E-state index contributed by atoms with van der Waals surface area (Å²) in [5, 5.41) is 3.60. The minimum absolute atomic E-state index is 0.00171. The van der Waals surface area contributed by atoms with E-state index in [4.69, 9.17) is 0 Å². The van der Waals surface area contributed by atoms with Gasteiger partial charge >= 0.3 is 0 Å². The van der Waals surface area contributed by atoms with Crippen LogP contribution in [-0.4, -0.2) is 15.5 Å². The Labute approximate surface area is 149 Å². The predicted molar refractivity (Wildman–Crippen MR) is 98.9 cm³/mol. The first-order chi connectivity index (χ1) is 12.1. The Morgan fingerprint density at radius 3 is 3.00 bits per heavy atom. The standard InChI is InChI=1S/C19H19N3O2S/c1-12-5-2-3-6-13(12)9-20-16(23)10-22-11-21-18-17(19(22)24)14-7-4-8-15(14)25-18/h2-3,5-6,11H,4,7-10H2,1H3,(H,20,23). The second-order valence-electron chi connectivity index (χ2n) is 6.42. The van der Waals surface area contributed by atoms with Crippen LogP contribution in [0.4, 0.5) is 0 Å². The maximum absolute atomic E-state index is 12.8. The molecule has 4 rings (SSSR count). The maximum Gasteiger partial charge on any atom is 0.262 e. The average Bonchev–Trinajstić information content (AvgIpc) is 3.17. The van der Waals surface area contributed by atoms with Crippen molar-refractivity contribution in [3.63, 3.8) is 0 Å². The molecule has 0 atom stereocenters. The van der Waals surface area contributed by atoms with Crippen LogP contribution in [0.25, 0.3) is 10.2 Å². The molecule has 0 aliphatic heterocycles. The molecule has 3 aromatic rings. The van der Waals surface area contributed by atoms with E-state index in [0.29, 0.717) is 11.9 Å². The summed E-state index contributed by atoms with van der Waals surface area (Å²) in [6.07, 6.45) is 4.56. The van der Waals surface area contributed by atoms with Gasteiger partial charge < -0.3 is 5.32 Å². The highest BCUT2D eigenvalue weighted by molar-refractivity contribution is 7.18. The molecular weight excluding hydrogens is 334 g/mol. The summed E-state index contributed by atoms with van der Waals surface area (Å²) in [6, 6.07) is 7.93. The molecule has 0 spiro atoms. The van der Waals surface area contributed by atoms with Crippen molar-refractivity contribution in [1.82, 2.24) is 14.9 Å². The molecule has 2 heterocycles. The van der Waals surface area contributed by atoms with Gasteiger partial charge in [-0.3, -0.25) is 14.2 Å². The molecule has 1 N–H and O–H groups in total. The molecule has 1 aromatic carbocycles. The average molecular weight is 353 g/mol. The monoisotopic (exact) mass is 353 g/mol. The van der Waals surface area contributed by atoms with Crippen LogP contribution in [0, 0.1) is 6.92 Å². The number of hydrogen-bond donors (Lipinski definition) is 1. The van der Waals surface area contributed by atoms with Gasteiger partial charge in [0.25, 0.3) is 5.56 Å². The van der Waals surface area contributed by atoms with Gasteiger partial charge in [-0.15, -0.1) is 11.3 Å². The first-order valence-electron chi connectivity index (χ1n) is 8.44. The highest BCUT2D eigenvalue weighted by Gasteiger charge is 2.21. The van der Waals surface area contributed by atoms with Gasteiger partial charge in [0.05, 0.1) is 11.7 Å². The Bertz CT molecular complexity index is 1020. The Kier molecular flexibility index (Phi) is 4.13. The highest BCUT2D eigenvalue weighted by Crippen LogP contribution is 2.34. The van der Waals surface area contributed by atoms with Crippen molar-refractivity contribution in [2.75, 3.05) is 0 Å². The summed E-state index contributed by atoms with van der Waals surface area (Å²) in [4.78, 5) is 31.5. The third-order valence-electron chi connectivity index (χ3n) is 4.74. The Balaban J connectivity index is 1.52. The summed E-state index contributed by atoms with van der Waals surface area (Å²) in [7, 11) is 0. The van der Waals surface area contributed by atoms with Crippen LogP contribution in [0.2, 0.25) is 0 Å². The topological polar surface area (TPSA) is 64.0 Å². The van der Waals surface area contributed by atoms with E-state index in [9.17, 15) is 9.59 Å². The molecule has 0 unspecified atom stereocenters. The molecule has 128 valence electrons. The van der Waals surface area contributed by atoms with Crippen molar-refractivity contribution in [1.29, 1.82) is 0 Å². The van der Waals surface area contributed by atoms with Crippen LogP contribution in [0.15, 0.2) is 35.4 Å². The van der Waals surface area contributed by atoms with E-state index in [1.807, 2.05) is 31.2 Å². The van der Waals surface area contributed by atoms with Crippen molar-refractivity contribution in [3.8, 4) is 0 Å². The smallest absolute Gasteiger partial charge is 0.262 e. The quantitative estimate of drug-likeness (QED) is 0.784. The minimum Gasteiger partial charge on any atom is -0.350 e. The molecule has 0 saturated heterocycles. The molecule has 1 aliphatic carbocycles. The lowest BCUT2D eigenvalue weighted by atomic mass is 10.1. The van der Waals surface area contributed by atoms with Crippen LogP contribution < -0.4 is 10.9 Å². The fourth-order valence-corrected chi connectivity index (χ4v) is 4.56. The molecular formula is C19H19N3O2S. The number of benzene rings is 1. The van der Waals surface area contributed by atoms with E-state index in [1.165, 1.54) is 15.8 Å². The number of carbonyl (C=O) groups excluding carboxylic acids is 1. The summed E-state index contributed by atoms with van der Waals surface area (Å²) in [5.41, 5.74) is 3.26. The lowest BCUT2D eigenvalue weighted by molar-refractivity contribution is -0.121. The lowest BCUT2D eigenvalue weighted by Gasteiger charge is -2.09. The first-order valence-corrected chi connectivity index (χ1v) is 9.26. The van der Waals surface area contributed by atoms with Gasteiger partial charge in [0.15, 0.2) is 0 Å². The number of nitrogens with one attached hydrogen (secondary N) is 1. The van der Waals surface area contributed by atoms with Crippen molar-refractivity contribution in [2.24, 2.45) is 0 Å². The van der Waals surface area contributed by atoms with Gasteiger partial charge in [0, 0.05) is 11.4 Å². The Morgan fingerprint density at radius 2 is 2.16 bits per heavy atom. The zero-order chi connectivity index (χ0) is 17.4. The molecule has 1 amide bonds. The van der Waals surface area contributed by atoms with Crippen molar-refractivity contribution in [3.05, 3.63) is 62.5 Å². The molecule has 2 aromatic heterocycles. The zero-order valence-corrected chi connectivity index (χ0v) is 14.9. The Morgan fingerprint density at radius 1 is 1.32 bits per heavy atom. The fraction of sp³-hybridized carbons (Fsp3) is 0.316. The van der Waals surface area contributed by atoms with Crippen molar-refractivity contribution < 1.29 is 4.79 Å². The predicted octanol–water partition coefficient (Wildman–Crippen LogP) is 2.57. The number of aromatic nitrogens is 2. The number of rotatable bonds is 4. The molecule has 0 bridgehead atoms. The van der Waals surface area contributed by atoms with Gasteiger partial charge in [0.2, 0.25) is 5.91 Å². The van der Waals surface area contributed by atoms with E-state index < -0.39 is 0 Å². The summed E-state index contributed by atoms with van der Waals surface area (Å²) >= 11 is 1.61. The second-order valence-corrected chi connectivity index (χ2v) is 7.50. The molecule has 25 heavy (non-hydrogen) atoms. The van der Waals surface area contributed by atoms with Gasteiger partial charge in [-0.2, -0.15) is 0 Å². The minimum atomic E-state index is -0.182. The number of hydrogen-bond acceptors (Lipinski definition) is 4. The number of nitrogens with zero attached hydrogens (tertiary/aromatic N) is 2. The third-order valence-corrected chi connectivity index (χ3v) is 5.94. The van der Waals surface area contributed by atoms with Crippen LogP contribution >= 0.6 is 11.3 Å². The van der Waals surface area contributed by atoms with E-state index in [2.05, 4.69) is 10.3 Å². The van der Waals surface area contributed by atoms with Crippen LogP contribution in [-0.2, 0) is 30.7 Å². The molecule has 0 fully saturated rings. The molecule has 5 nitrogen and oxygen atoms in total. The van der Waals surface area contributed by atoms with Crippen LogP contribution in [0.5, 0.6) is 0 Å². The number of fused-ring (bicyclic) bond motifs is 3. The number of thiophene rings is 1. The van der Waals surface area contributed by atoms with Gasteiger partial charge in [-0.05, 0) is 42.9 Å². The maximum atomic E-state index is 12.8.